The van der Waals surface area contributed by atoms with Crippen molar-refractivity contribution in [1.82, 2.24) is 9.80 Å². The molecule has 1 aromatic carbocycles. The van der Waals surface area contributed by atoms with Crippen LogP contribution in [0, 0.1) is 0 Å². The molecule has 2 aromatic rings. The summed E-state index contributed by atoms with van der Waals surface area (Å²) in [7, 11) is 0. The zero-order valence-corrected chi connectivity index (χ0v) is 17.0. The van der Waals surface area contributed by atoms with E-state index in [2.05, 4.69) is 0 Å². The molecule has 0 aliphatic carbocycles. The van der Waals surface area contributed by atoms with Gasteiger partial charge in [0.1, 0.15) is 11.4 Å². The van der Waals surface area contributed by atoms with Gasteiger partial charge in [-0.3, -0.25) is 4.79 Å². The van der Waals surface area contributed by atoms with Gasteiger partial charge in [-0.1, -0.05) is 12.1 Å². The Bertz CT molecular complexity index is 923. The number of carbonyl (C=O) groups excluding carboxylic acids is 2. The predicted molar refractivity (Wildman–Crippen MR) is 103 cm³/mol. The fourth-order valence-electron chi connectivity index (χ4n) is 3.03. The number of nitrogens with zero attached hydrogens (tertiary/aromatic N) is 2. The largest absolute Gasteiger partial charge is 0.451 e. The average Bonchev–Trinajstić information content (AvgIpc) is 3.16. The van der Waals surface area contributed by atoms with Gasteiger partial charge in [0.25, 0.3) is 5.91 Å². The van der Waals surface area contributed by atoms with Crippen LogP contribution in [0.4, 0.5) is 18.0 Å². The summed E-state index contributed by atoms with van der Waals surface area (Å²) < 4.78 is 49.6. The quantitative estimate of drug-likeness (QED) is 0.704. The maximum atomic E-state index is 12.9. The van der Waals surface area contributed by atoms with Crippen molar-refractivity contribution in [3.8, 4) is 11.3 Å². The summed E-state index contributed by atoms with van der Waals surface area (Å²) in [6, 6.07) is 7.65. The molecule has 0 bridgehead atoms. The minimum absolute atomic E-state index is 0.0353. The lowest BCUT2D eigenvalue weighted by molar-refractivity contribution is -0.137. The first-order valence-corrected chi connectivity index (χ1v) is 9.49. The normalized spacial score (nSPS) is 15.3. The summed E-state index contributed by atoms with van der Waals surface area (Å²) in [5, 5.41) is 0. The van der Waals surface area contributed by atoms with E-state index in [-0.39, 0.29) is 23.0 Å². The number of halogens is 3. The molecule has 2 heterocycles. The zero-order valence-electron chi connectivity index (χ0n) is 17.0. The molecule has 0 radical (unpaired) electrons. The molecular formula is C21H23F3N2O4. The molecule has 0 N–H and O–H groups in total. The van der Waals surface area contributed by atoms with Gasteiger partial charge < -0.3 is 19.0 Å². The fraction of sp³-hybridized carbons (Fsp3) is 0.429. The second kappa shape index (κ2) is 8.04. The number of amides is 2. The van der Waals surface area contributed by atoms with Crippen LogP contribution in [-0.4, -0.2) is 53.6 Å². The number of alkyl halides is 3. The van der Waals surface area contributed by atoms with Gasteiger partial charge in [0.15, 0.2) is 5.76 Å². The van der Waals surface area contributed by atoms with Gasteiger partial charge in [-0.25, -0.2) is 4.79 Å². The van der Waals surface area contributed by atoms with Gasteiger partial charge >= 0.3 is 12.3 Å². The van der Waals surface area contributed by atoms with E-state index in [0.29, 0.717) is 26.2 Å². The van der Waals surface area contributed by atoms with Crippen LogP contribution in [0.3, 0.4) is 0 Å². The molecule has 1 aliphatic heterocycles. The monoisotopic (exact) mass is 424 g/mol. The topological polar surface area (TPSA) is 63.0 Å². The average molecular weight is 424 g/mol. The SMILES string of the molecule is CC(C)(C)OC(=O)N1CCN(C(=O)c2ccc(-c3cccc(C(F)(F)F)c3)o2)CC1. The zero-order chi connectivity index (χ0) is 22.1. The number of carbonyl (C=O) groups is 2. The second-order valence-electron chi connectivity index (χ2n) is 8.00. The van der Waals surface area contributed by atoms with Crippen LogP contribution < -0.4 is 0 Å². The van der Waals surface area contributed by atoms with Crippen molar-refractivity contribution in [2.75, 3.05) is 26.2 Å². The second-order valence-corrected chi connectivity index (χ2v) is 8.00. The maximum Gasteiger partial charge on any atom is 0.416 e. The van der Waals surface area contributed by atoms with Crippen molar-refractivity contribution in [2.45, 2.75) is 32.5 Å². The van der Waals surface area contributed by atoms with E-state index < -0.39 is 23.4 Å². The number of furan rings is 1. The molecule has 3 rings (SSSR count). The minimum Gasteiger partial charge on any atom is -0.451 e. The van der Waals surface area contributed by atoms with Crippen molar-refractivity contribution in [3.63, 3.8) is 0 Å². The number of piperazine rings is 1. The first-order valence-electron chi connectivity index (χ1n) is 9.49. The summed E-state index contributed by atoms with van der Waals surface area (Å²) >= 11 is 0. The number of rotatable bonds is 2. The van der Waals surface area contributed by atoms with Gasteiger partial charge in [-0.15, -0.1) is 0 Å². The van der Waals surface area contributed by atoms with Crippen LogP contribution in [0.5, 0.6) is 0 Å². The molecule has 9 heteroatoms. The molecule has 0 unspecified atom stereocenters. The highest BCUT2D eigenvalue weighted by atomic mass is 19.4. The lowest BCUT2D eigenvalue weighted by Gasteiger charge is -2.35. The van der Waals surface area contributed by atoms with Crippen LogP contribution >= 0.6 is 0 Å². The van der Waals surface area contributed by atoms with Crippen LogP contribution in [0.2, 0.25) is 0 Å². The summed E-state index contributed by atoms with van der Waals surface area (Å²) in [4.78, 5) is 27.9. The van der Waals surface area contributed by atoms with Crippen molar-refractivity contribution in [1.29, 1.82) is 0 Å². The van der Waals surface area contributed by atoms with Crippen molar-refractivity contribution < 1.29 is 31.9 Å². The highest BCUT2D eigenvalue weighted by molar-refractivity contribution is 5.92. The Morgan fingerprint density at radius 1 is 0.967 bits per heavy atom. The summed E-state index contributed by atoms with van der Waals surface area (Å²) in [5.74, 6) is -0.165. The van der Waals surface area contributed by atoms with Crippen LogP contribution in [0.1, 0.15) is 36.9 Å². The molecule has 162 valence electrons. The highest BCUT2D eigenvalue weighted by Crippen LogP contribution is 2.32. The van der Waals surface area contributed by atoms with Gasteiger partial charge in [0, 0.05) is 31.7 Å². The maximum absolute atomic E-state index is 12.9. The molecule has 6 nitrogen and oxygen atoms in total. The molecule has 1 fully saturated rings. The van der Waals surface area contributed by atoms with Crippen molar-refractivity contribution in [3.05, 3.63) is 47.7 Å². The third-order valence-corrected chi connectivity index (χ3v) is 4.51. The predicted octanol–water partition coefficient (Wildman–Crippen LogP) is 4.66. The summed E-state index contributed by atoms with van der Waals surface area (Å²) in [5.41, 5.74) is -1.15. The van der Waals surface area contributed by atoms with Gasteiger partial charge in [-0.2, -0.15) is 13.2 Å². The van der Waals surface area contributed by atoms with E-state index in [4.69, 9.17) is 9.15 Å². The smallest absolute Gasteiger partial charge is 0.416 e. The van der Waals surface area contributed by atoms with Crippen LogP contribution in [0.15, 0.2) is 40.8 Å². The van der Waals surface area contributed by atoms with Crippen molar-refractivity contribution in [2.24, 2.45) is 0 Å². The van der Waals surface area contributed by atoms with E-state index in [9.17, 15) is 22.8 Å². The van der Waals surface area contributed by atoms with Crippen LogP contribution in [-0.2, 0) is 10.9 Å². The Balaban J connectivity index is 1.65. The Hall–Kier alpha value is -2.97. The third-order valence-electron chi connectivity index (χ3n) is 4.51. The van der Waals surface area contributed by atoms with E-state index in [1.165, 1.54) is 34.1 Å². The lowest BCUT2D eigenvalue weighted by atomic mass is 10.1. The minimum atomic E-state index is -4.46. The first kappa shape index (κ1) is 21.7. The molecule has 0 spiro atoms. The molecule has 1 aliphatic rings. The van der Waals surface area contributed by atoms with Gasteiger partial charge in [0.2, 0.25) is 0 Å². The Morgan fingerprint density at radius 2 is 1.60 bits per heavy atom. The Kier molecular flexibility index (Phi) is 5.83. The number of hydrogen-bond donors (Lipinski definition) is 0. The van der Waals surface area contributed by atoms with E-state index in [0.717, 1.165) is 12.1 Å². The molecule has 1 aromatic heterocycles. The number of benzene rings is 1. The molecular weight excluding hydrogens is 401 g/mol. The lowest BCUT2D eigenvalue weighted by Crippen LogP contribution is -2.51. The standard InChI is InChI=1S/C21H23F3N2O4/c1-20(2,3)30-19(28)26-11-9-25(10-12-26)18(27)17-8-7-16(29-17)14-5-4-6-15(13-14)21(22,23)24/h4-8,13H,9-12H2,1-3H3. The molecule has 0 atom stereocenters. The van der Waals surface area contributed by atoms with E-state index in [1.54, 1.807) is 20.8 Å². The van der Waals surface area contributed by atoms with Gasteiger partial charge in [0.05, 0.1) is 5.56 Å². The molecule has 1 saturated heterocycles. The number of hydrogen-bond acceptors (Lipinski definition) is 4. The van der Waals surface area contributed by atoms with Crippen LogP contribution in [0.25, 0.3) is 11.3 Å². The first-order chi connectivity index (χ1) is 13.9. The number of ether oxygens (including phenoxy) is 1. The summed E-state index contributed by atoms with van der Waals surface area (Å²) in [6.07, 6.45) is -4.89. The van der Waals surface area contributed by atoms with Gasteiger partial charge in [-0.05, 0) is 45.0 Å². The molecule has 30 heavy (non-hydrogen) atoms. The molecule has 2 amide bonds. The van der Waals surface area contributed by atoms with Crippen molar-refractivity contribution >= 4 is 12.0 Å². The molecule has 0 saturated carbocycles. The highest BCUT2D eigenvalue weighted by Gasteiger charge is 2.31. The fourth-order valence-corrected chi connectivity index (χ4v) is 3.03. The summed E-state index contributed by atoms with van der Waals surface area (Å²) in [6.45, 7) is 6.59. The van der Waals surface area contributed by atoms with E-state index >= 15 is 0 Å². The Labute approximate surface area is 172 Å². The third kappa shape index (κ3) is 5.14. The van der Waals surface area contributed by atoms with E-state index in [1.807, 2.05) is 0 Å². The Morgan fingerprint density at radius 3 is 2.20 bits per heavy atom.